The number of hydrogen-bond donors (Lipinski definition) is 1. The summed E-state index contributed by atoms with van der Waals surface area (Å²) in [6.45, 7) is 1.98. The third-order valence-electron chi connectivity index (χ3n) is 2.54. The maximum atomic E-state index is 11.9. The fraction of sp³-hybridized carbons (Fsp3) is 0.0769. The van der Waals surface area contributed by atoms with E-state index in [4.69, 9.17) is 0 Å². The Balaban J connectivity index is 1.88. The maximum Gasteiger partial charge on any atom is 0.256 e. The molecule has 0 unspecified atom stereocenters. The van der Waals surface area contributed by atoms with E-state index in [1.807, 2.05) is 41.9 Å². The molecule has 0 aliphatic carbocycles. The van der Waals surface area contributed by atoms with Gasteiger partial charge in [-0.25, -0.2) is 4.98 Å². The first kappa shape index (κ1) is 11.4. The van der Waals surface area contributed by atoms with Crippen molar-refractivity contribution < 1.29 is 4.79 Å². The molecule has 0 saturated carbocycles. The number of aromatic nitrogens is 1. The van der Waals surface area contributed by atoms with Crippen molar-refractivity contribution in [3.05, 3.63) is 45.6 Å². The number of carbonyl (C=O) groups is 1. The van der Waals surface area contributed by atoms with Crippen molar-refractivity contribution in [2.24, 2.45) is 0 Å². The molecule has 0 aliphatic rings. The molecule has 0 fully saturated rings. The summed E-state index contributed by atoms with van der Waals surface area (Å²) in [6, 6.07) is 7.59. The second-order valence-corrected chi connectivity index (χ2v) is 5.90. The molecule has 0 saturated heterocycles. The van der Waals surface area contributed by atoms with Crippen molar-refractivity contribution in [3.63, 3.8) is 0 Å². The Bertz CT molecular complexity index is 701. The van der Waals surface area contributed by atoms with Gasteiger partial charge < -0.3 is 5.32 Å². The van der Waals surface area contributed by atoms with E-state index in [1.165, 1.54) is 11.3 Å². The van der Waals surface area contributed by atoms with Crippen LogP contribution in [0.25, 0.3) is 10.2 Å². The lowest BCUT2D eigenvalue weighted by molar-refractivity contribution is 0.102. The van der Waals surface area contributed by atoms with Crippen LogP contribution in [0.2, 0.25) is 0 Å². The molecular formula is C13H10N2OS2. The lowest BCUT2D eigenvalue weighted by Crippen LogP contribution is -2.10. The largest absolute Gasteiger partial charge is 0.322 e. The van der Waals surface area contributed by atoms with Gasteiger partial charge in [-0.05, 0) is 36.6 Å². The fourth-order valence-corrected chi connectivity index (χ4v) is 3.22. The number of hydrogen-bond acceptors (Lipinski definition) is 4. The molecular weight excluding hydrogens is 264 g/mol. The number of rotatable bonds is 2. The van der Waals surface area contributed by atoms with Crippen LogP contribution in [0.1, 0.15) is 15.4 Å². The SMILES string of the molecule is Cc1nc2ccc(NC(=O)c3ccsc3)cc2s1. The summed E-state index contributed by atoms with van der Waals surface area (Å²) in [7, 11) is 0. The van der Waals surface area contributed by atoms with Crippen molar-refractivity contribution in [2.75, 3.05) is 5.32 Å². The normalized spacial score (nSPS) is 10.7. The zero-order chi connectivity index (χ0) is 12.5. The highest BCUT2D eigenvalue weighted by atomic mass is 32.1. The summed E-state index contributed by atoms with van der Waals surface area (Å²) < 4.78 is 1.09. The lowest BCUT2D eigenvalue weighted by Gasteiger charge is -2.03. The van der Waals surface area contributed by atoms with Crippen LogP contribution < -0.4 is 5.32 Å². The summed E-state index contributed by atoms with van der Waals surface area (Å²) >= 11 is 3.15. The minimum Gasteiger partial charge on any atom is -0.322 e. The number of benzene rings is 1. The summed E-state index contributed by atoms with van der Waals surface area (Å²) in [5.41, 5.74) is 2.48. The van der Waals surface area contributed by atoms with Crippen LogP contribution >= 0.6 is 22.7 Å². The quantitative estimate of drug-likeness (QED) is 0.769. The smallest absolute Gasteiger partial charge is 0.256 e. The molecule has 3 nitrogen and oxygen atoms in total. The van der Waals surface area contributed by atoms with Crippen LogP contribution in [0.15, 0.2) is 35.0 Å². The summed E-state index contributed by atoms with van der Waals surface area (Å²) in [5, 5.41) is 7.66. The number of thiophene rings is 1. The molecule has 18 heavy (non-hydrogen) atoms. The predicted octanol–water partition coefficient (Wildman–Crippen LogP) is 3.92. The van der Waals surface area contributed by atoms with Gasteiger partial charge in [-0.1, -0.05) is 0 Å². The van der Waals surface area contributed by atoms with Gasteiger partial charge in [-0.15, -0.1) is 11.3 Å². The van der Waals surface area contributed by atoms with Gasteiger partial charge in [-0.2, -0.15) is 11.3 Å². The zero-order valence-corrected chi connectivity index (χ0v) is 11.3. The second-order valence-electron chi connectivity index (χ2n) is 3.88. The van der Waals surface area contributed by atoms with Gasteiger partial charge in [0.25, 0.3) is 5.91 Å². The van der Waals surface area contributed by atoms with Crippen LogP contribution in [0, 0.1) is 6.92 Å². The molecule has 90 valence electrons. The molecule has 0 atom stereocenters. The van der Waals surface area contributed by atoms with Crippen LogP contribution in [0.5, 0.6) is 0 Å². The van der Waals surface area contributed by atoms with E-state index in [9.17, 15) is 4.79 Å². The van der Waals surface area contributed by atoms with Crippen molar-refractivity contribution >= 4 is 44.5 Å². The number of anilines is 1. The Kier molecular flexibility index (Phi) is 2.85. The Morgan fingerprint density at radius 1 is 1.33 bits per heavy atom. The number of amides is 1. The van der Waals surface area contributed by atoms with E-state index >= 15 is 0 Å². The Morgan fingerprint density at radius 3 is 3.00 bits per heavy atom. The molecule has 2 heterocycles. The van der Waals surface area contributed by atoms with Gasteiger partial charge in [0.15, 0.2) is 0 Å². The average Bonchev–Trinajstić information content (AvgIpc) is 2.95. The van der Waals surface area contributed by atoms with E-state index in [2.05, 4.69) is 10.3 Å². The maximum absolute atomic E-state index is 11.9. The standard InChI is InChI=1S/C13H10N2OS2/c1-8-14-11-3-2-10(6-12(11)18-8)15-13(16)9-4-5-17-7-9/h2-7H,1H3,(H,15,16). The summed E-state index contributed by atoms with van der Waals surface area (Å²) in [6.07, 6.45) is 0. The number of nitrogens with one attached hydrogen (secondary N) is 1. The first-order chi connectivity index (χ1) is 8.72. The van der Waals surface area contributed by atoms with Crippen LogP contribution in [0.4, 0.5) is 5.69 Å². The molecule has 0 spiro atoms. The zero-order valence-electron chi connectivity index (χ0n) is 9.64. The molecule has 1 N–H and O–H groups in total. The molecule has 0 bridgehead atoms. The number of aryl methyl sites for hydroxylation is 1. The van der Waals surface area contributed by atoms with Gasteiger partial charge in [0.2, 0.25) is 0 Å². The van der Waals surface area contributed by atoms with Gasteiger partial charge in [0, 0.05) is 11.1 Å². The first-order valence-electron chi connectivity index (χ1n) is 5.43. The van der Waals surface area contributed by atoms with Crippen molar-refractivity contribution in [1.29, 1.82) is 0 Å². The van der Waals surface area contributed by atoms with E-state index in [1.54, 1.807) is 11.3 Å². The van der Waals surface area contributed by atoms with E-state index in [-0.39, 0.29) is 5.91 Å². The first-order valence-corrected chi connectivity index (χ1v) is 7.19. The Hall–Kier alpha value is -1.72. The summed E-state index contributed by atoms with van der Waals surface area (Å²) in [4.78, 5) is 16.3. The number of carbonyl (C=O) groups excluding carboxylic acids is 1. The highest BCUT2D eigenvalue weighted by molar-refractivity contribution is 7.18. The van der Waals surface area contributed by atoms with Gasteiger partial charge in [-0.3, -0.25) is 4.79 Å². The van der Waals surface area contributed by atoms with Crippen LogP contribution in [0.3, 0.4) is 0 Å². The topological polar surface area (TPSA) is 42.0 Å². The summed E-state index contributed by atoms with van der Waals surface area (Å²) in [5.74, 6) is -0.0724. The third kappa shape index (κ3) is 2.14. The monoisotopic (exact) mass is 274 g/mol. The second kappa shape index (κ2) is 4.51. The molecule has 3 aromatic rings. The van der Waals surface area contributed by atoms with Crippen molar-refractivity contribution in [1.82, 2.24) is 4.98 Å². The fourth-order valence-electron chi connectivity index (χ4n) is 1.71. The number of fused-ring (bicyclic) bond motifs is 1. The van der Waals surface area contributed by atoms with E-state index in [0.29, 0.717) is 5.56 Å². The minimum atomic E-state index is -0.0724. The molecule has 1 aromatic carbocycles. The highest BCUT2D eigenvalue weighted by Crippen LogP contribution is 2.25. The van der Waals surface area contributed by atoms with Crippen LogP contribution in [-0.4, -0.2) is 10.9 Å². The molecule has 0 radical (unpaired) electrons. The predicted molar refractivity (Wildman–Crippen MR) is 76.6 cm³/mol. The van der Waals surface area contributed by atoms with E-state index in [0.717, 1.165) is 20.9 Å². The molecule has 3 rings (SSSR count). The molecule has 1 amide bonds. The van der Waals surface area contributed by atoms with Crippen LogP contribution in [-0.2, 0) is 0 Å². The lowest BCUT2D eigenvalue weighted by atomic mass is 10.2. The minimum absolute atomic E-state index is 0.0724. The Morgan fingerprint density at radius 2 is 2.22 bits per heavy atom. The van der Waals surface area contributed by atoms with E-state index < -0.39 is 0 Å². The molecule has 0 aliphatic heterocycles. The number of nitrogens with zero attached hydrogens (tertiary/aromatic N) is 1. The number of thiazole rings is 1. The van der Waals surface area contributed by atoms with Gasteiger partial charge >= 0.3 is 0 Å². The molecule has 5 heteroatoms. The third-order valence-corrected chi connectivity index (χ3v) is 4.15. The van der Waals surface area contributed by atoms with Crippen molar-refractivity contribution in [3.8, 4) is 0 Å². The average molecular weight is 274 g/mol. The van der Waals surface area contributed by atoms with Gasteiger partial charge in [0.05, 0.1) is 20.8 Å². The van der Waals surface area contributed by atoms with Crippen molar-refractivity contribution in [2.45, 2.75) is 6.92 Å². The van der Waals surface area contributed by atoms with Gasteiger partial charge in [0.1, 0.15) is 0 Å². The highest BCUT2D eigenvalue weighted by Gasteiger charge is 2.07. The Labute approximate surface area is 112 Å². The molecule has 2 aromatic heterocycles.